The van der Waals surface area contributed by atoms with Gasteiger partial charge in [0, 0.05) is 23.1 Å². The second-order valence-electron chi connectivity index (χ2n) is 6.29. The summed E-state index contributed by atoms with van der Waals surface area (Å²) in [6.45, 7) is 5.83. The molecule has 0 saturated carbocycles. The Hall–Kier alpha value is -2.86. The van der Waals surface area contributed by atoms with Gasteiger partial charge in [-0.05, 0) is 63.2 Å². The van der Waals surface area contributed by atoms with Gasteiger partial charge in [-0.25, -0.2) is 9.37 Å². The molecule has 2 N–H and O–H groups in total. The SMILES string of the molecule is Cc1cc(Nc2ccc(F)c(Cl)c2)nc(Nc2ccc(OC(C)C)cc2)n1. The molecule has 0 radical (unpaired) electrons. The maximum Gasteiger partial charge on any atom is 0.229 e. The largest absolute Gasteiger partial charge is 0.491 e. The third-order valence-electron chi connectivity index (χ3n) is 3.53. The quantitative estimate of drug-likeness (QED) is 0.556. The number of nitrogens with one attached hydrogen (secondary N) is 2. The Balaban J connectivity index is 1.75. The van der Waals surface area contributed by atoms with E-state index in [1.165, 1.54) is 12.1 Å². The lowest BCUT2D eigenvalue weighted by Crippen LogP contribution is -2.05. The first-order valence-electron chi connectivity index (χ1n) is 8.50. The van der Waals surface area contributed by atoms with Crippen LogP contribution in [0.5, 0.6) is 5.75 Å². The normalized spacial score (nSPS) is 10.7. The number of nitrogens with zero attached hydrogens (tertiary/aromatic N) is 2. The van der Waals surface area contributed by atoms with Gasteiger partial charge in [0.1, 0.15) is 17.4 Å². The first-order chi connectivity index (χ1) is 12.9. The van der Waals surface area contributed by atoms with Crippen LogP contribution in [0.2, 0.25) is 5.02 Å². The summed E-state index contributed by atoms with van der Waals surface area (Å²) in [6, 6.07) is 13.8. The third-order valence-corrected chi connectivity index (χ3v) is 3.82. The highest BCUT2D eigenvalue weighted by Crippen LogP contribution is 2.24. The van der Waals surface area contributed by atoms with Crippen molar-refractivity contribution in [2.45, 2.75) is 26.9 Å². The fourth-order valence-electron chi connectivity index (χ4n) is 2.43. The van der Waals surface area contributed by atoms with E-state index in [0.29, 0.717) is 17.5 Å². The van der Waals surface area contributed by atoms with Crippen LogP contribution < -0.4 is 15.4 Å². The molecule has 0 unspecified atom stereocenters. The third kappa shape index (κ3) is 5.31. The smallest absolute Gasteiger partial charge is 0.229 e. The number of rotatable bonds is 6. The lowest BCUT2D eigenvalue weighted by molar-refractivity contribution is 0.242. The molecule has 0 fully saturated rings. The van der Waals surface area contributed by atoms with Crippen LogP contribution in [-0.4, -0.2) is 16.1 Å². The predicted molar refractivity (Wildman–Crippen MR) is 107 cm³/mol. The maximum atomic E-state index is 13.3. The lowest BCUT2D eigenvalue weighted by Gasteiger charge is -2.12. The van der Waals surface area contributed by atoms with Crippen molar-refractivity contribution in [2.24, 2.45) is 0 Å². The van der Waals surface area contributed by atoms with Gasteiger partial charge in [-0.1, -0.05) is 11.6 Å². The molecule has 0 aliphatic carbocycles. The van der Waals surface area contributed by atoms with Crippen LogP contribution in [0, 0.1) is 12.7 Å². The van der Waals surface area contributed by atoms with E-state index >= 15 is 0 Å². The van der Waals surface area contributed by atoms with E-state index in [4.69, 9.17) is 16.3 Å². The van der Waals surface area contributed by atoms with Gasteiger partial charge in [0.2, 0.25) is 5.95 Å². The molecule has 3 rings (SSSR count). The topological polar surface area (TPSA) is 59.1 Å². The highest BCUT2D eigenvalue weighted by Gasteiger charge is 2.06. The van der Waals surface area contributed by atoms with Crippen LogP contribution in [0.1, 0.15) is 19.5 Å². The summed E-state index contributed by atoms with van der Waals surface area (Å²) in [5.41, 5.74) is 2.26. The molecule has 1 aromatic heterocycles. The molecule has 27 heavy (non-hydrogen) atoms. The summed E-state index contributed by atoms with van der Waals surface area (Å²) in [6.07, 6.45) is 0.123. The summed E-state index contributed by atoms with van der Waals surface area (Å²) >= 11 is 5.82. The molecule has 140 valence electrons. The van der Waals surface area contributed by atoms with Crippen LogP contribution in [-0.2, 0) is 0 Å². The average molecular weight is 387 g/mol. The van der Waals surface area contributed by atoms with Gasteiger partial charge >= 0.3 is 0 Å². The van der Waals surface area contributed by atoms with Crippen molar-refractivity contribution < 1.29 is 9.13 Å². The Morgan fingerprint density at radius 3 is 2.33 bits per heavy atom. The van der Waals surface area contributed by atoms with Gasteiger partial charge in [-0.2, -0.15) is 4.98 Å². The summed E-state index contributed by atoms with van der Waals surface area (Å²) in [5.74, 6) is 1.36. The molecule has 2 aromatic carbocycles. The van der Waals surface area contributed by atoms with Crippen molar-refractivity contribution in [3.05, 3.63) is 65.1 Å². The maximum absolute atomic E-state index is 13.3. The molecular formula is C20H20ClFN4O. The van der Waals surface area contributed by atoms with Gasteiger partial charge in [-0.3, -0.25) is 0 Å². The molecule has 0 bridgehead atoms. The highest BCUT2D eigenvalue weighted by molar-refractivity contribution is 6.31. The monoisotopic (exact) mass is 386 g/mol. The molecule has 3 aromatic rings. The van der Waals surface area contributed by atoms with Gasteiger partial charge in [0.05, 0.1) is 11.1 Å². The Morgan fingerprint density at radius 2 is 1.67 bits per heavy atom. The number of halogens is 2. The van der Waals surface area contributed by atoms with E-state index in [1.807, 2.05) is 45.0 Å². The first-order valence-corrected chi connectivity index (χ1v) is 8.88. The molecule has 0 spiro atoms. The van der Waals surface area contributed by atoms with E-state index in [1.54, 1.807) is 12.1 Å². The standard InChI is InChI=1S/C20H20ClFN4O/c1-12(2)27-16-7-4-14(5-8-16)25-20-23-13(3)10-19(26-20)24-15-6-9-18(22)17(21)11-15/h4-12H,1-3H3,(H2,23,24,25,26). The average Bonchev–Trinajstić information content (AvgIpc) is 2.59. The molecule has 0 amide bonds. The minimum Gasteiger partial charge on any atom is -0.491 e. The summed E-state index contributed by atoms with van der Waals surface area (Å²) in [5, 5.41) is 6.32. The molecule has 0 saturated heterocycles. The van der Waals surface area contributed by atoms with Crippen molar-refractivity contribution in [3.8, 4) is 5.75 Å². The first kappa shape index (κ1) is 18.9. The zero-order valence-electron chi connectivity index (χ0n) is 15.3. The van der Waals surface area contributed by atoms with Crippen molar-refractivity contribution in [1.29, 1.82) is 0 Å². The molecule has 7 heteroatoms. The summed E-state index contributed by atoms with van der Waals surface area (Å²) in [7, 11) is 0. The van der Waals surface area contributed by atoms with E-state index in [-0.39, 0.29) is 11.1 Å². The molecule has 1 heterocycles. The molecule has 0 aliphatic heterocycles. The summed E-state index contributed by atoms with van der Waals surface area (Å²) < 4.78 is 18.9. The fourth-order valence-corrected chi connectivity index (χ4v) is 2.61. The number of aromatic nitrogens is 2. The fraction of sp³-hybridized carbons (Fsp3) is 0.200. The number of aryl methyl sites for hydroxylation is 1. The van der Waals surface area contributed by atoms with Gasteiger partial charge in [0.25, 0.3) is 0 Å². The van der Waals surface area contributed by atoms with Crippen LogP contribution in [0.4, 0.5) is 27.5 Å². The lowest BCUT2D eigenvalue weighted by atomic mass is 10.3. The van der Waals surface area contributed by atoms with E-state index in [2.05, 4.69) is 20.6 Å². The molecular weight excluding hydrogens is 367 g/mol. The second kappa shape index (κ2) is 8.22. The van der Waals surface area contributed by atoms with Gasteiger partial charge in [-0.15, -0.1) is 0 Å². The number of benzene rings is 2. The Bertz CT molecular complexity index is 932. The van der Waals surface area contributed by atoms with Gasteiger partial charge < -0.3 is 15.4 Å². The molecule has 0 aliphatic rings. The van der Waals surface area contributed by atoms with Crippen molar-refractivity contribution in [2.75, 3.05) is 10.6 Å². The number of anilines is 4. The Labute approximate surface area is 162 Å². The van der Waals surface area contributed by atoms with Gasteiger partial charge in [0.15, 0.2) is 0 Å². The van der Waals surface area contributed by atoms with E-state index < -0.39 is 5.82 Å². The number of ether oxygens (including phenoxy) is 1. The zero-order chi connectivity index (χ0) is 19.4. The minimum atomic E-state index is -0.465. The van der Waals surface area contributed by atoms with Crippen LogP contribution in [0.3, 0.4) is 0 Å². The van der Waals surface area contributed by atoms with Crippen LogP contribution in [0.25, 0.3) is 0 Å². The number of hydrogen-bond donors (Lipinski definition) is 2. The Morgan fingerprint density at radius 1 is 0.963 bits per heavy atom. The van der Waals surface area contributed by atoms with E-state index in [9.17, 15) is 4.39 Å². The minimum absolute atomic E-state index is 0.0489. The molecule has 5 nitrogen and oxygen atoms in total. The second-order valence-corrected chi connectivity index (χ2v) is 6.70. The number of hydrogen-bond acceptors (Lipinski definition) is 5. The zero-order valence-corrected chi connectivity index (χ0v) is 16.0. The van der Waals surface area contributed by atoms with Crippen molar-refractivity contribution in [3.63, 3.8) is 0 Å². The Kier molecular flexibility index (Phi) is 5.76. The van der Waals surface area contributed by atoms with E-state index in [0.717, 1.165) is 17.1 Å². The van der Waals surface area contributed by atoms with Crippen LogP contribution in [0.15, 0.2) is 48.5 Å². The highest BCUT2D eigenvalue weighted by atomic mass is 35.5. The predicted octanol–water partition coefficient (Wildman–Crippen LogP) is 5.85. The molecule has 0 atom stereocenters. The van der Waals surface area contributed by atoms with Crippen molar-refractivity contribution >= 4 is 34.7 Å². The van der Waals surface area contributed by atoms with Crippen molar-refractivity contribution in [1.82, 2.24) is 9.97 Å². The summed E-state index contributed by atoms with van der Waals surface area (Å²) in [4.78, 5) is 8.84. The van der Waals surface area contributed by atoms with Crippen LogP contribution >= 0.6 is 11.6 Å².